The minimum atomic E-state index is -0.557. The van der Waals surface area contributed by atoms with Gasteiger partial charge in [-0.3, -0.25) is 19.8 Å². The summed E-state index contributed by atoms with van der Waals surface area (Å²) in [5.74, 6) is -0.258. The highest BCUT2D eigenvalue weighted by Crippen LogP contribution is 2.28. The summed E-state index contributed by atoms with van der Waals surface area (Å²) in [5, 5.41) is 14.1. The first-order chi connectivity index (χ1) is 16.0. The Morgan fingerprint density at radius 3 is 2.48 bits per heavy atom. The summed E-state index contributed by atoms with van der Waals surface area (Å²) in [4.78, 5) is 25.8. The number of nitrogens with one attached hydrogen (secondary N) is 1. The lowest BCUT2D eigenvalue weighted by Gasteiger charge is -2.15. The third kappa shape index (κ3) is 5.38. The second-order valence-corrected chi connectivity index (χ2v) is 8.16. The lowest BCUT2D eigenvalue weighted by molar-refractivity contribution is -0.385. The molecule has 3 aromatic carbocycles. The van der Waals surface area contributed by atoms with Crippen molar-refractivity contribution in [2.45, 2.75) is 25.9 Å². The van der Waals surface area contributed by atoms with Gasteiger partial charge in [0.25, 0.3) is 5.91 Å². The Labute approximate surface area is 193 Å². The number of methoxy groups -OCH3 is 1. The average Bonchev–Trinajstić information content (AvgIpc) is 3.36. The molecule has 170 valence electrons. The van der Waals surface area contributed by atoms with Crippen LogP contribution in [0.2, 0.25) is 0 Å². The van der Waals surface area contributed by atoms with Gasteiger partial charge in [0.2, 0.25) is 0 Å². The molecule has 0 aromatic heterocycles. The lowest BCUT2D eigenvalue weighted by atomic mass is 9.98. The van der Waals surface area contributed by atoms with Crippen molar-refractivity contribution in [2.24, 2.45) is 0 Å². The number of rotatable bonds is 8. The van der Waals surface area contributed by atoms with Gasteiger partial charge >= 0.3 is 5.69 Å². The van der Waals surface area contributed by atoms with E-state index in [0.29, 0.717) is 6.54 Å². The van der Waals surface area contributed by atoms with Crippen LogP contribution in [-0.4, -0.2) is 35.9 Å². The number of benzene rings is 3. The zero-order valence-corrected chi connectivity index (χ0v) is 18.6. The number of hydrogen-bond donors (Lipinski definition) is 1. The maximum absolute atomic E-state index is 12.7. The topological polar surface area (TPSA) is 84.7 Å². The van der Waals surface area contributed by atoms with Crippen molar-refractivity contribution in [3.05, 3.63) is 93.5 Å². The van der Waals surface area contributed by atoms with Crippen molar-refractivity contribution in [3.8, 4) is 16.9 Å². The SMILES string of the molecule is COc1ccc(C(=O)NCc2ccccc2-c2ccc(CN3CCCC3)cc2)cc1[N+](=O)[O-]. The van der Waals surface area contributed by atoms with Gasteiger partial charge in [-0.15, -0.1) is 0 Å². The van der Waals surface area contributed by atoms with E-state index in [0.717, 1.165) is 23.2 Å². The van der Waals surface area contributed by atoms with E-state index in [1.54, 1.807) is 0 Å². The third-order valence-electron chi connectivity index (χ3n) is 5.96. The molecule has 1 amide bonds. The molecule has 0 aliphatic carbocycles. The number of hydrogen-bond acceptors (Lipinski definition) is 5. The molecule has 0 unspecified atom stereocenters. The Hall–Kier alpha value is -3.71. The van der Waals surface area contributed by atoms with Gasteiger partial charge < -0.3 is 10.1 Å². The summed E-state index contributed by atoms with van der Waals surface area (Å²) in [6.07, 6.45) is 2.56. The van der Waals surface area contributed by atoms with E-state index >= 15 is 0 Å². The molecule has 1 aliphatic heterocycles. The Balaban J connectivity index is 1.46. The van der Waals surface area contributed by atoms with E-state index in [1.807, 2.05) is 24.3 Å². The number of nitro groups is 1. The van der Waals surface area contributed by atoms with Gasteiger partial charge in [0.1, 0.15) is 0 Å². The van der Waals surface area contributed by atoms with Crippen LogP contribution in [0.4, 0.5) is 5.69 Å². The van der Waals surface area contributed by atoms with Gasteiger partial charge in [-0.1, -0.05) is 48.5 Å². The molecule has 1 aliphatic rings. The normalized spacial score (nSPS) is 13.6. The molecule has 0 saturated carbocycles. The minimum Gasteiger partial charge on any atom is -0.490 e. The Kier molecular flexibility index (Phi) is 7.00. The van der Waals surface area contributed by atoms with E-state index in [9.17, 15) is 14.9 Å². The molecular weight excluding hydrogens is 418 g/mol. The summed E-state index contributed by atoms with van der Waals surface area (Å²) in [7, 11) is 1.36. The predicted molar refractivity (Wildman–Crippen MR) is 127 cm³/mol. The van der Waals surface area contributed by atoms with Crippen LogP contribution < -0.4 is 10.1 Å². The molecule has 1 heterocycles. The summed E-state index contributed by atoms with van der Waals surface area (Å²) >= 11 is 0. The van der Waals surface area contributed by atoms with E-state index < -0.39 is 4.92 Å². The molecule has 1 fully saturated rings. The second kappa shape index (κ2) is 10.3. The molecule has 1 N–H and O–H groups in total. The highest BCUT2D eigenvalue weighted by atomic mass is 16.6. The molecule has 3 aromatic rings. The summed E-state index contributed by atoms with van der Waals surface area (Å²) in [6, 6.07) is 20.7. The first-order valence-corrected chi connectivity index (χ1v) is 11.1. The van der Waals surface area contributed by atoms with Crippen molar-refractivity contribution in [1.82, 2.24) is 10.2 Å². The van der Waals surface area contributed by atoms with Crippen LogP contribution in [0.5, 0.6) is 5.75 Å². The van der Waals surface area contributed by atoms with Crippen LogP contribution in [0.25, 0.3) is 11.1 Å². The smallest absolute Gasteiger partial charge is 0.311 e. The number of ether oxygens (including phenoxy) is 1. The first-order valence-electron chi connectivity index (χ1n) is 11.1. The van der Waals surface area contributed by atoms with Crippen LogP contribution in [-0.2, 0) is 13.1 Å². The number of likely N-dealkylation sites (tertiary alicyclic amines) is 1. The standard InChI is InChI=1S/C26H27N3O4/c1-33-25-13-12-21(16-24(25)29(31)32)26(30)27-17-22-6-2-3-7-23(22)20-10-8-19(9-11-20)18-28-14-4-5-15-28/h2-3,6-13,16H,4-5,14-15,17-18H2,1H3,(H,27,30). The van der Waals surface area contributed by atoms with Gasteiger partial charge in [-0.05, 0) is 60.3 Å². The lowest BCUT2D eigenvalue weighted by Crippen LogP contribution is -2.23. The van der Waals surface area contributed by atoms with Gasteiger partial charge in [0.05, 0.1) is 12.0 Å². The minimum absolute atomic E-state index is 0.120. The van der Waals surface area contributed by atoms with E-state index in [2.05, 4.69) is 34.5 Å². The van der Waals surface area contributed by atoms with Crippen LogP contribution >= 0.6 is 0 Å². The van der Waals surface area contributed by atoms with E-state index in [4.69, 9.17) is 4.74 Å². The molecule has 0 radical (unpaired) electrons. The van der Waals surface area contributed by atoms with Crippen molar-refractivity contribution >= 4 is 11.6 Å². The zero-order chi connectivity index (χ0) is 23.2. The van der Waals surface area contributed by atoms with Gasteiger partial charge in [-0.2, -0.15) is 0 Å². The Morgan fingerprint density at radius 2 is 1.79 bits per heavy atom. The van der Waals surface area contributed by atoms with Crippen LogP contribution in [0.3, 0.4) is 0 Å². The van der Waals surface area contributed by atoms with Crippen molar-refractivity contribution in [2.75, 3.05) is 20.2 Å². The first kappa shape index (κ1) is 22.5. The molecular formula is C26H27N3O4. The largest absolute Gasteiger partial charge is 0.490 e. The molecule has 4 rings (SSSR count). The summed E-state index contributed by atoms with van der Waals surface area (Å²) in [5.41, 5.74) is 4.39. The van der Waals surface area contributed by atoms with Crippen molar-refractivity contribution < 1.29 is 14.5 Å². The molecule has 1 saturated heterocycles. The average molecular weight is 446 g/mol. The van der Waals surface area contributed by atoms with Crippen LogP contribution in [0.1, 0.15) is 34.3 Å². The van der Waals surface area contributed by atoms with Crippen molar-refractivity contribution in [1.29, 1.82) is 0 Å². The highest BCUT2D eigenvalue weighted by molar-refractivity contribution is 5.95. The monoisotopic (exact) mass is 445 g/mol. The number of nitro benzene ring substituents is 1. The Bertz CT molecular complexity index is 1140. The number of nitrogens with zero attached hydrogens (tertiary/aromatic N) is 2. The van der Waals surface area contributed by atoms with Gasteiger partial charge in [-0.25, -0.2) is 0 Å². The molecule has 33 heavy (non-hydrogen) atoms. The van der Waals surface area contributed by atoms with Gasteiger partial charge in [0.15, 0.2) is 5.75 Å². The van der Waals surface area contributed by atoms with Crippen molar-refractivity contribution in [3.63, 3.8) is 0 Å². The number of amides is 1. The fraction of sp³-hybridized carbons (Fsp3) is 0.269. The van der Waals surface area contributed by atoms with Gasteiger partial charge in [0, 0.05) is 24.7 Å². The summed E-state index contributed by atoms with van der Waals surface area (Å²) < 4.78 is 5.00. The predicted octanol–water partition coefficient (Wildman–Crippen LogP) is 4.80. The molecule has 7 nitrogen and oxygen atoms in total. The maximum Gasteiger partial charge on any atom is 0.311 e. The Morgan fingerprint density at radius 1 is 1.06 bits per heavy atom. The summed E-state index contributed by atoms with van der Waals surface area (Å²) in [6.45, 7) is 3.62. The van der Waals surface area contributed by atoms with Crippen LogP contribution in [0.15, 0.2) is 66.7 Å². The highest BCUT2D eigenvalue weighted by Gasteiger charge is 2.18. The fourth-order valence-electron chi connectivity index (χ4n) is 4.20. The molecule has 0 bridgehead atoms. The zero-order valence-electron chi connectivity index (χ0n) is 18.6. The maximum atomic E-state index is 12.7. The number of carbonyl (C=O) groups excluding carboxylic acids is 1. The van der Waals surface area contributed by atoms with Crippen LogP contribution in [0, 0.1) is 10.1 Å². The van der Waals surface area contributed by atoms with E-state index in [-0.39, 0.29) is 22.9 Å². The number of carbonyl (C=O) groups is 1. The molecule has 7 heteroatoms. The second-order valence-electron chi connectivity index (χ2n) is 8.16. The fourth-order valence-corrected chi connectivity index (χ4v) is 4.20. The van der Waals surface area contributed by atoms with E-state index in [1.165, 1.54) is 56.8 Å². The molecule has 0 atom stereocenters. The quantitative estimate of drug-likeness (QED) is 0.398. The molecule has 0 spiro atoms. The third-order valence-corrected chi connectivity index (χ3v) is 5.96.